The van der Waals surface area contributed by atoms with E-state index in [-0.39, 0.29) is 12.1 Å². The highest BCUT2D eigenvalue weighted by Gasteiger charge is 2.18. The number of nitrogens with zero attached hydrogens (tertiary/aromatic N) is 5. The normalized spacial score (nSPS) is 18.9. The second-order valence-corrected chi connectivity index (χ2v) is 9.32. The highest BCUT2D eigenvalue weighted by Crippen LogP contribution is 2.26. The van der Waals surface area contributed by atoms with Gasteiger partial charge in [-0.1, -0.05) is 18.6 Å². The van der Waals surface area contributed by atoms with Crippen LogP contribution in [0.25, 0.3) is 22.0 Å². The van der Waals surface area contributed by atoms with Gasteiger partial charge >= 0.3 is 0 Å². The predicted octanol–water partition coefficient (Wildman–Crippen LogP) is 3.59. The Labute approximate surface area is 199 Å². The summed E-state index contributed by atoms with van der Waals surface area (Å²) < 4.78 is 0. The summed E-state index contributed by atoms with van der Waals surface area (Å²) in [5.74, 6) is -0.249. The lowest BCUT2D eigenvalue weighted by Gasteiger charge is -2.26. The van der Waals surface area contributed by atoms with Crippen LogP contribution in [0.1, 0.15) is 41.7 Å². The highest BCUT2D eigenvalue weighted by molar-refractivity contribution is 6.07. The van der Waals surface area contributed by atoms with Crippen LogP contribution in [0.15, 0.2) is 53.4 Å². The first kappa shape index (κ1) is 22.4. The number of nitrogens with one attached hydrogen (secondary N) is 2. The molecule has 4 heterocycles. The number of aliphatic imine (C=N–C) groups is 1. The van der Waals surface area contributed by atoms with E-state index in [0.29, 0.717) is 11.4 Å². The molecule has 2 aromatic heterocycles. The lowest BCUT2D eigenvalue weighted by atomic mass is 10.0. The van der Waals surface area contributed by atoms with E-state index in [2.05, 4.69) is 36.5 Å². The molecule has 176 valence electrons. The largest absolute Gasteiger partial charge is 0.319 e. The number of allylic oxidation sites excluding steroid dienone is 1. The van der Waals surface area contributed by atoms with Crippen molar-refractivity contribution in [3.05, 3.63) is 59.7 Å². The number of aromatic amines is 1. The average molecular weight is 458 g/mol. The molecule has 2 N–H and O–H groups in total. The molecule has 1 atom stereocenters. The molecule has 0 saturated carbocycles. The molecule has 8 heteroatoms. The van der Waals surface area contributed by atoms with Gasteiger partial charge in [-0.3, -0.25) is 29.7 Å². The summed E-state index contributed by atoms with van der Waals surface area (Å²) in [4.78, 5) is 26.5. The number of piperidine rings is 1. The lowest BCUT2D eigenvalue weighted by molar-refractivity contribution is 0.0964. The van der Waals surface area contributed by atoms with Gasteiger partial charge in [-0.25, -0.2) is 0 Å². The second kappa shape index (κ2) is 9.87. The predicted molar refractivity (Wildman–Crippen MR) is 135 cm³/mol. The molecule has 34 heavy (non-hydrogen) atoms. The van der Waals surface area contributed by atoms with Crippen LogP contribution in [0.2, 0.25) is 0 Å². The first-order chi connectivity index (χ1) is 16.6. The zero-order valence-electron chi connectivity index (χ0n) is 19.8. The molecule has 5 rings (SSSR count). The number of fused-ring (bicyclic) bond motifs is 1. The van der Waals surface area contributed by atoms with Crippen LogP contribution < -0.4 is 5.32 Å². The van der Waals surface area contributed by atoms with Gasteiger partial charge in [-0.05, 0) is 69.4 Å². The number of carbonyl (C=O) groups excluding carboxylic acids is 1. The third-order valence-corrected chi connectivity index (χ3v) is 6.55. The van der Waals surface area contributed by atoms with E-state index in [4.69, 9.17) is 0 Å². The molecule has 1 fully saturated rings. The Morgan fingerprint density at radius 1 is 1.15 bits per heavy atom. The van der Waals surface area contributed by atoms with E-state index < -0.39 is 0 Å². The van der Waals surface area contributed by atoms with Crippen molar-refractivity contribution >= 4 is 23.0 Å². The van der Waals surface area contributed by atoms with Gasteiger partial charge < -0.3 is 5.32 Å². The van der Waals surface area contributed by atoms with Gasteiger partial charge in [0.1, 0.15) is 6.17 Å². The maximum atomic E-state index is 13.0. The number of H-pyrrole nitrogens is 1. The number of amides is 1. The Bertz CT molecular complexity index is 1240. The molecule has 1 aromatic carbocycles. The molecule has 2 aliphatic rings. The van der Waals surface area contributed by atoms with E-state index in [9.17, 15) is 4.79 Å². The molecule has 0 radical (unpaired) electrons. The highest BCUT2D eigenvalue weighted by atomic mass is 16.2. The molecule has 2 aliphatic heterocycles. The summed E-state index contributed by atoms with van der Waals surface area (Å²) >= 11 is 0. The van der Waals surface area contributed by atoms with Crippen LogP contribution in [0, 0.1) is 0 Å². The number of pyridine rings is 1. The lowest BCUT2D eigenvalue weighted by Crippen LogP contribution is -2.31. The van der Waals surface area contributed by atoms with E-state index >= 15 is 0 Å². The van der Waals surface area contributed by atoms with E-state index in [0.717, 1.165) is 48.1 Å². The molecular weight excluding hydrogens is 426 g/mol. The molecule has 0 bridgehead atoms. The number of carbonyl (C=O) groups is 1. The van der Waals surface area contributed by atoms with Crippen LogP contribution in [0.5, 0.6) is 0 Å². The summed E-state index contributed by atoms with van der Waals surface area (Å²) in [6.45, 7) is 3.23. The molecule has 1 unspecified atom stereocenters. The zero-order chi connectivity index (χ0) is 23.5. The smallest absolute Gasteiger partial charge is 0.276 e. The monoisotopic (exact) mass is 457 g/mol. The molecule has 1 saturated heterocycles. The molecular formula is C26H31N7O. The fourth-order valence-corrected chi connectivity index (χ4v) is 4.60. The van der Waals surface area contributed by atoms with E-state index in [1.54, 1.807) is 6.21 Å². The first-order valence-electron chi connectivity index (χ1n) is 11.9. The van der Waals surface area contributed by atoms with Crippen molar-refractivity contribution in [1.29, 1.82) is 0 Å². The standard InChI is InChI=1S/C26H31N7O/c1-32(2)24-9-7-21(16-28-24)29-26(34)25-22-13-19(6-8-23(22)30-31-25)20-12-18(14-27-15-20)17-33-10-4-3-5-11-33/h6-8,12-16,24H,3-5,9-11,17H2,1-2H3,(H,29,34)(H,30,31). The molecule has 0 spiro atoms. The van der Waals surface area contributed by atoms with Gasteiger partial charge in [0.2, 0.25) is 0 Å². The van der Waals surface area contributed by atoms with Crippen molar-refractivity contribution in [1.82, 2.24) is 30.3 Å². The number of hydrogen-bond acceptors (Lipinski definition) is 6. The van der Waals surface area contributed by atoms with Crippen LogP contribution >= 0.6 is 0 Å². The van der Waals surface area contributed by atoms with E-state index in [1.165, 1.54) is 24.8 Å². The topological polar surface area (TPSA) is 89.5 Å². The summed E-state index contributed by atoms with van der Waals surface area (Å²) in [6, 6.07) is 8.23. The second-order valence-electron chi connectivity index (χ2n) is 9.32. The minimum absolute atomic E-state index is 0.105. The number of aromatic nitrogens is 3. The Kier molecular flexibility index (Phi) is 6.51. The Balaban J connectivity index is 1.35. The minimum Gasteiger partial charge on any atom is -0.319 e. The number of dihydropyridines is 1. The SMILES string of the molecule is CN(C)C1CC=C(NC(=O)c2n[nH]c3ccc(-c4cncc(CN5CCCCC5)c4)cc23)C=N1. The van der Waals surface area contributed by atoms with Crippen molar-refractivity contribution in [2.24, 2.45) is 4.99 Å². The fraction of sp³-hybridized carbons (Fsp3) is 0.385. The Morgan fingerprint density at radius 3 is 2.76 bits per heavy atom. The average Bonchev–Trinajstić information content (AvgIpc) is 3.29. The van der Waals surface area contributed by atoms with Crippen molar-refractivity contribution < 1.29 is 4.79 Å². The van der Waals surface area contributed by atoms with Gasteiger partial charge in [0, 0.05) is 42.5 Å². The summed E-state index contributed by atoms with van der Waals surface area (Å²) in [6.07, 6.45) is 12.3. The molecule has 3 aromatic rings. The number of likely N-dealkylation sites (tertiary alicyclic amines) is 1. The molecule has 0 aliphatic carbocycles. The van der Waals surface area contributed by atoms with Crippen LogP contribution in [0.4, 0.5) is 0 Å². The van der Waals surface area contributed by atoms with Crippen LogP contribution in [0.3, 0.4) is 0 Å². The van der Waals surface area contributed by atoms with Crippen LogP contribution in [-0.2, 0) is 6.54 Å². The van der Waals surface area contributed by atoms with Crippen LogP contribution in [-0.4, -0.2) is 70.5 Å². The summed E-state index contributed by atoms with van der Waals surface area (Å²) in [7, 11) is 3.98. The van der Waals surface area contributed by atoms with Crippen molar-refractivity contribution in [2.45, 2.75) is 38.4 Å². The molecule has 1 amide bonds. The van der Waals surface area contributed by atoms with Gasteiger partial charge in [0.05, 0.1) is 11.2 Å². The van der Waals surface area contributed by atoms with Crippen molar-refractivity contribution in [2.75, 3.05) is 27.2 Å². The number of rotatable bonds is 6. The summed E-state index contributed by atoms with van der Waals surface area (Å²) in [5, 5.41) is 11.0. The third-order valence-electron chi connectivity index (χ3n) is 6.55. The quantitative estimate of drug-likeness (QED) is 0.591. The Hall–Kier alpha value is -3.36. The minimum atomic E-state index is -0.249. The zero-order valence-corrected chi connectivity index (χ0v) is 19.8. The molecule has 8 nitrogen and oxygen atoms in total. The van der Waals surface area contributed by atoms with Gasteiger partial charge in [-0.15, -0.1) is 0 Å². The number of benzene rings is 1. The first-order valence-corrected chi connectivity index (χ1v) is 11.9. The number of hydrogen-bond donors (Lipinski definition) is 2. The maximum Gasteiger partial charge on any atom is 0.276 e. The van der Waals surface area contributed by atoms with Crippen molar-refractivity contribution in [3.8, 4) is 11.1 Å². The maximum absolute atomic E-state index is 13.0. The van der Waals surface area contributed by atoms with Gasteiger partial charge in [-0.2, -0.15) is 5.10 Å². The van der Waals surface area contributed by atoms with Crippen molar-refractivity contribution in [3.63, 3.8) is 0 Å². The Morgan fingerprint density at radius 2 is 2.00 bits per heavy atom. The van der Waals surface area contributed by atoms with E-state index in [1.807, 2.05) is 55.7 Å². The fourth-order valence-electron chi connectivity index (χ4n) is 4.60. The van der Waals surface area contributed by atoms with Gasteiger partial charge in [0.15, 0.2) is 5.69 Å². The van der Waals surface area contributed by atoms with Gasteiger partial charge in [0.25, 0.3) is 5.91 Å². The third kappa shape index (κ3) is 4.93. The summed E-state index contributed by atoms with van der Waals surface area (Å²) in [5.41, 5.74) is 5.17.